The van der Waals surface area contributed by atoms with Gasteiger partial charge in [0.05, 0.1) is 16.9 Å². The number of hydrogen-bond acceptors (Lipinski definition) is 4. The lowest BCUT2D eigenvalue weighted by atomic mass is 10.1. The molecule has 0 aliphatic rings. The van der Waals surface area contributed by atoms with Gasteiger partial charge in [-0.15, -0.1) is 0 Å². The maximum absolute atomic E-state index is 13.4. The van der Waals surface area contributed by atoms with Gasteiger partial charge in [-0.3, -0.25) is 14.2 Å². The molecule has 0 aliphatic heterocycles. The second kappa shape index (κ2) is 14.1. The van der Waals surface area contributed by atoms with Crippen LogP contribution in [-0.4, -0.2) is 52.4 Å². The van der Waals surface area contributed by atoms with Crippen LogP contribution in [0.15, 0.2) is 29.1 Å². The third-order valence-corrected chi connectivity index (χ3v) is 6.37. The number of carbonyl (C=O) groups excluding carboxylic acids is 1. The van der Waals surface area contributed by atoms with Gasteiger partial charge >= 0.3 is 0 Å². The average molecular weight is 457 g/mol. The van der Waals surface area contributed by atoms with Gasteiger partial charge in [0.2, 0.25) is 5.91 Å². The first-order valence-electron chi connectivity index (χ1n) is 12.9. The van der Waals surface area contributed by atoms with Gasteiger partial charge in [0.15, 0.2) is 0 Å². The highest BCUT2D eigenvalue weighted by Crippen LogP contribution is 2.25. The molecule has 33 heavy (non-hydrogen) atoms. The van der Waals surface area contributed by atoms with E-state index in [1.807, 2.05) is 50.2 Å². The molecule has 1 unspecified atom stereocenters. The fourth-order valence-corrected chi connectivity index (χ4v) is 4.43. The standard InChI is InChI=1S/C27H44N4O2/c1-6-9-10-11-12-13-14-19-25(32)31(21-20-29(4)5)24(7-2)26-28-23-18-16-15-17-22(23)27(33)30(26)8-3/h15-18,24H,6-14,19-21H2,1-5H3. The minimum atomic E-state index is -0.209. The van der Waals surface area contributed by atoms with Crippen molar-refractivity contribution in [3.8, 4) is 0 Å². The number of hydrogen-bond donors (Lipinski definition) is 0. The predicted molar refractivity (Wildman–Crippen MR) is 138 cm³/mol. The largest absolute Gasteiger partial charge is 0.331 e. The van der Waals surface area contributed by atoms with E-state index in [1.165, 1.54) is 32.1 Å². The molecule has 0 radical (unpaired) electrons. The van der Waals surface area contributed by atoms with Gasteiger partial charge < -0.3 is 9.80 Å². The molecular weight excluding hydrogens is 412 g/mol. The second-order valence-electron chi connectivity index (χ2n) is 9.22. The first-order valence-corrected chi connectivity index (χ1v) is 12.9. The van der Waals surface area contributed by atoms with Crippen LogP contribution in [0.4, 0.5) is 0 Å². The summed E-state index contributed by atoms with van der Waals surface area (Å²) < 4.78 is 1.75. The van der Waals surface area contributed by atoms with Crippen molar-refractivity contribution < 1.29 is 4.79 Å². The number of rotatable bonds is 15. The molecule has 1 aromatic carbocycles. The number of nitrogens with zero attached hydrogens (tertiary/aromatic N) is 4. The molecule has 0 saturated carbocycles. The zero-order chi connectivity index (χ0) is 24.2. The number of amides is 1. The molecule has 1 heterocycles. The number of likely N-dealkylation sites (N-methyl/N-ethyl adjacent to an activating group) is 1. The quantitative estimate of drug-likeness (QED) is 0.337. The summed E-state index contributed by atoms with van der Waals surface area (Å²) in [5.41, 5.74) is 0.677. The molecule has 2 aromatic rings. The molecule has 0 saturated heterocycles. The van der Waals surface area contributed by atoms with Crippen molar-refractivity contribution in [2.24, 2.45) is 0 Å². The topological polar surface area (TPSA) is 58.4 Å². The van der Waals surface area contributed by atoms with Crippen LogP contribution in [0.25, 0.3) is 10.9 Å². The van der Waals surface area contributed by atoms with Crippen LogP contribution in [0.3, 0.4) is 0 Å². The Morgan fingerprint density at radius 2 is 1.64 bits per heavy atom. The Bertz CT molecular complexity index is 922. The molecule has 0 bridgehead atoms. The molecule has 1 aromatic heterocycles. The van der Waals surface area contributed by atoms with Crippen LogP contribution in [0.1, 0.15) is 90.4 Å². The Morgan fingerprint density at radius 1 is 0.970 bits per heavy atom. The first-order chi connectivity index (χ1) is 15.9. The highest BCUT2D eigenvalue weighted by Gasteiger charge is 2.27. The lowest BCUT2D eigenvalue weighted by molar-refractivity contribution is -0.134. The molecule has 1 amide bonds. The zero-order valence-electron chi connectivity index (χ0n) is 21.5. The Hall–Kier alpha value is -2.21. The third kappa shape index (κ3) is 7.66. The van der Waals surface area contributed by atoms with Crippen LogP contribution in [0.2, 0.25) is 0 Å². The normalized spacial score (nSPS) is 12.4. The van der Waals surface area contributed by atoms with Gasteiger partial charge in [-0.25, -0.2) is 4.98 Å². The molecule has 0 spiro atoms. The molecule has 2 rings (SSSR count). The third-order valence-electron chi connectivity index (χ3n) is 6.37. The predicted octanol–water partition coefficient (Wildman–Crippen LogP) is 5.40. The number of aromatic nitrogens is 2. The molecule has 0 aliphatic carbocycles. The first kappa shape index (κ1) is 27.0. The van der Waals surface area contributed by atoms with Gasteiger partial charge in [0, 0.05) is 26.1 Å². The fraction of sp³-hybridized carbons (Fsp3) is 0.667. The van der Waals surface area contributed by atoms with Crippen molar-refractivity contribution in [3.63, 3.8) is 0 Å². The van der Waals surface area contributed by atoms with Crippen molar-refractivity contribution >= 4 is 16.8 Å². The summed E-state index contributed by atoms with van der Waals surface area (Å²) in [6.45, 7) is 8.23. The highest BCUT2D eigenvalue weighted by atomic mass is 16.2. The zero-order valence-corrected chi connectivity index (χ0v) is 21.5. The van der Waals surface area contributed by atoms with Crippen molar-refractivity contribution in [1.29, 1.82) is 0 Å². The fourth-order valence-electron chi connectivity index (χ4n) is 4.43. The minimum Gasteiger partial charge on any atom is -0.331 e. The average Bonchev–Trinajstić information content (AvgIpc) is 2.81. The molecule has 1 atom stereocenters. The number of benzene rings is 1. The van der Waals surface area contributed by atoms with Crippen molar-refractivity contribution in [2.45, 2.75) is 91.1 Å². The van der Waals surface area contributed by atoms with Gasteiger partial charge in [0.25, 0.3) is 5.56 Å². The van der Waals surface area contributed by atoms with E-state index >= 15 is 0 Å². The summed E-state index contributed by atoms with van der Waals surface area (Å²) in [5, 5.41) is 0.632. The molecule has 0 fully saturated rings. The van der Waals surface area contributed by atoms with E-state index in [2.05, 4.69) is 18.7 Å². The van der Waals surface area contributed by atoms with Crippen molar-refractivity contribution in [3.05, 3.63) is 40.4 Å². The van der Waals surface area contributed by atoms with Crippen molar-refractivity contribution in [1.82, 2.24) is 19.4 Å². The minimum absolute atomic E-state index is 0.0244. The second-order valence-corrected chi connectivity index (χ2v) is 9.22. The highest BCUT2D eigenvalue weighted by molar-refractivity contribution is 5.78. The summed E-state index contributed by atoms with van der Waals surface area (Å²) in [4.78, 5) is 35.6. The smallest absolute Gasteiger partial charge is 0.261 e. The van der Waals surface area contributed by atoms with Crippen LogP contribution >= 0.6 is 0 Å². The van der Waals surface area contributed by atoms with E-state index < -0.39 is 0 Å². The van der Waals surface area contributed by atoms with E-state index in [0.717, 1.165) is 25.8 Å². The van der Waals surface area contributed by atoms with E-state index in [1.54, 1.807) is 4.57 Å². The van der Waals surface area contributed by atoms with Crippen molar-refractivity contribution in [2.75, 3.05) is 27.2 Å². The lowest BCUT2D eigenvalue weighted by Gasteiger charge is -2.33. The summed E-state index contributed by atoms with van der Waals surface area (Å²) in [6, 6.07) is 7.29. The van der Waals surface area contributed by atoms with E-state index in [4.69, 9.17) is 4.98 Å². The maximum Gasteiger partial charge on any atom is 0.261 e. The van der Waals surface area contributed by atoms with E-state index in [0.29, 0.717) is 36.2 Å². The Labute approximate surface area is 200 Å². The van der Waals surface area contributed by atoms with Crippen LogP contribution in [0.5, 0.6) is 0 Å². The summed E-state index contributed by atoms with van der Waals surface area (Å²) in [6.07, 6.45) is 9.60. The number of para-hydroxylation sites is 1. The summed E-state index contributed by atoms with van der Waals surface area (Å²) in [7, 11) is 4.05. The van der Waals surface area contributed by atoms with Crippen LogP contribution in [0, 0.1) is 0 Å². The summed E-state index contributed by atoms with van der Waals surface area (Å²) in [5.74, 6) is 0.873. The molecule has 6 nitrogen and oxygen atoms in total. The SMILES string of the molecule is CCCCCCCCCC(=O)N(CCN(C)C)C(CC)c1nc2ccccc2c(=O)n1CC. The van der Waals surface area contributed by atoms with Gasteiger partial charge in [0.1, 0.15) is 5.82 Å². The molecular formula is C27H44N4O2. The lowest BCUT2D eigenvalue weighted by Crippen LogP contribution is -2.41. The van der Waals surface area contributed by atoms with Gasteiger partial charge in [-0.2, -0.15) is 0 Å². The number of carbonyl (C=O) groups is 1. The van der Waals surface area contributed by atoms with E-state index in [-0.39, 0.29) is 17.5 Å². The molecule has 0 N–H and O–H groups in total. The molecule has 6 heteroatoms. The number of fused-ring (bicyclic) bond motifs is 1. The van der Waals surface area contributed by atoms with Gasteiger partial charge in [-0.1, -0.05) is 64.5 Å². The van der Waals surface area contributed by atoms with Crippen LogP contribution in [-0.2, 0) is 11.3 Å². The summed E-state index contributed by atoms with van der Waals surface area (Å²) >= 11 is 0. The Morgan fingerprint density at radius 3 is 2.27 bits per heavy atom. The Balaban J connectivity index is 2.26. The van der Waals surface area contributed by atoms with E-state index in [9.17, 15) is 9.59 Å². The Kier molecular flexibility index (Phi) is 11.6. The number of unbranched alkanes of at least 4 members (excludes halogenated alkanes) is 6. The maximum atomic E-state index is 13.4. The van der Waals surface area contributed by atoms with Crippen LogP contribution < -0.4 is 5.56 Å². The van der Waals surface area contributed by atoms with Gasteiger partial charge in [-0.05, 0) is 46.0 Å². The monoisotopic (exact) mass is 456 g/mol. The molecule has 184 valence electrons.